The largest absolute Gasteiger partial charge is 0.497 e. The molecule has 1 aliphatic rings. The van der Waals surface area contributed by atoms with E-state index < -0.39 is 17.7 Å². The van der Waals surface area contributed by atoms with Gasteiger partial charge in [0.25, 0.3) is 17.7 Å². The maximum atomic E-state index is 12.8. The van der Waals surface area contributed by atoms with E-state index in [9.17, 15) is 14.4 Å². The Kier molecular flexibility index (Phi) is 4.93. The molecule has 1 heterocycles. The smallest absolute Gasteiger partial charge is 0.266 e. The normalized spacial score (nSPS) is 12.5. The molecular formula is C23H18N2O5. The summed E-state index contributed by atoms with van der Waals surface area (Å²) in [5, 5.41) is 2.78. The number of methoxy groups -OCH3 is 2. The maximum absolute atomic E-state index is 12.8. The van der Waals surface area contributed by atoms with Crippen molar-refractivity contribution < 1.29 is 23.9 Å². The Balaban J connectivity index is 1.61. The molecule has 0 fully saturated rings. The molecular weight excluding hydrogens is 384 g/mol. The highest BCUT2D eigenvalue weighted by Crippen LogP contribution is 2.31. The van der Waals surface area contributed by atoms with E-state index in [1.165, 1.54) is 20.3 Å². The molecule has 1 aliphatic heterocycles. The minimum absolute atomic E-state index is 0.293. The number of amides is 3. The molecule has 150 valence electrons. The van der Waals surface area contributed by atoms with Crippen molar-refractivity contribution >= 4 is 29.1 Å². The van der Waals surface area contributed by atoms with Gasteiger partial charge in [-0.15, -0.1) is 0 Å². The zero-order valence-corrected chi connectivity index (χ0v) is 16.3. The van der Waals surface area contributed by atoms with Crippen molar-refractivity contribution in [1.29, 1.82) is 0 Å². The number of rotatable bonds is 5. The van der Waals surface area contributed by atoms with Crippen LogP contribution in [0.2, 0.25) is 0 Å². The monoisotopic (exact) mass is 402 g/mol. The Morgan fingerprint density at radius 2 is 1.53 bits per heavy atom. The van der Waals surface area contributed by atoms with Gasteiger partial charge in [0.1, 0.15) is 11.5 Å². The Bertz CT molecular complexity index is 1140. The minimum Gasteiger partial charge on any atom is -0.497 e. The molecule has 7 nitrogen and oxygen atoms in total. The third-order valence-electron chi connectivity index (χ3n) is 4.82. The summed E-state index contributed by atoms with van der Waals surface area (Å²) >= 11 is 0. The molecule has 0 saturated carbocycles. The van der Waals surface area contributed by atoms with Gasteiger partial charge in [0.15, 0.2) is 0 Å². The number of fused-ring (bicyclic) bond motifs is 1. The maximum Gasteiger partial charge on any atom is 0.266 e. The average molecular weight is 402 g/mol. The third kappa shape index (κ3) is 3.26. The van der Waals surface area contributed by atoms with E-state index in [0.717, 1.165) is 4.90 Å². The third-order valence-corrected chi connectivity index (χ3v) is 4.82. The van der Waals surface area contributed by atoms with Crippen LogP contribution in [-0.4, -0.2) is 31.9 Å². The van der Waals surface area contributed by atoms with Gasteiger partial charge in [0.05, 0.1) is 36.7 Å². The first kappa shape index (κ1) is 19.2. The number of carbonyl (C=O) groups excluding carboxylic acids is 3. The fourth-order valence-corrected chi connectivity index (χ4v) is 3.31. The van der Waals surface area contributed by atoms with E-state index in [1.54, 1.807) is 60.7 Å². The number of nitrogens with zero attached hydrogens (tertiary/aromatic N) is 1. The van der Waals surface area contributed by atoms with Crippen molar-refractivity contribution in [3.63, 3.8) is 0 Å². The van der Waals surface area contributed by atoms with E-state index in [2.05, 4.69) is 5.32 Å². The number of nitrogens with one attached hydrogen (secondary N) is 1. The summed E-state index contributed by atoms with van der Waals surface area (Å²) < 4.78 is 10.5. The Morgan fingerprint density at radius 3 is 2.17 bits per heavy atom. The summed E-state index contributed by atoms with van der Waals surface area (Å²) in [4.78, 5) is 39.3. The average Bonchev–Trinajstić information content (AvgIpc) is 3.04. The molecule has 0 aliphatic carbocycles. The van der Waals surface area contributed by atoms with Crippen LogP contribution < -0.4 is 19.7 Å². The number of imide groups is 1. The molecule has 3 aromatic carbocycles. The lowest BCUT2D eigenvalue weighted by molar-refractivity contribution is 0.0924. The lowest BCUT2D eigenvalue weighted by atomic mass is 10.1. The lowest BCUT2D eigenvalue weighted by Crippen LogP contribution is -2.29. The molecule has 0 aromatic heterocycles. The summed E-state index contributed by atoms with van der Waals surface area (Å²) in [5.74, 6) is -0.191. The molecule has 0 bridgehead atoms. The molecule has 0 radical (unpaired) electrons. The van der Waals surface area contributed by atoms with E-state index in [-0.39, 0.29) is 0 Å². The quantitative estimate of drug-likeness (QED) is 0.657. The molecule has 0 spiro atoms. The highest BCUT2D eigenvalue weighted by atomic mass is 16.5. The second-order valence-corrected chi connectivity index (χ2v) is 6.56. The van der Waals surface area contributed by atoms with E-state index in [4.69, 9.17) is 9.47 Å². The number of benzene rings is 3. The van der Waals surface area contributed by atoms with Crippen LogP contribution in [0.25, 0.3) is 0 Å². The SMILES string of the molecule is COc1ccc(NC(=O)c2cccc(N3C(=O)c4ccccc4C3=O)c2)c(OC)c1. The number of ether oxygens (including phenoxy) is 2. The molecule has 7 heteroatoms. The van der Waals surface area contributed by atoms with Gasteiger partial charge >= 0.3 is 0 Å². The molecule has 30 heavy (non-hydrogen) atoms. The van der Waals surface area contributed by atoms with Crippen LogP contribution in [0.5, 0.6) is 11.5 Å². The van der Waals surface area contributed by atoms with Gasteiger partial charge in [-0.1, -0.05) is 18.2 Å². The first-order valence-corrected chi connectivity index (χ1v) is 9.14. The molecule has 0 saturated heterocycles. The van der Waals surface area contributed by atoms with E-state index in [0.29, 0.717) is 39.6 Å². The molecule has 4 rings (SSSR count). The van der Waals surface area contributed by atoms with Gasteiger partial charge in [-0.2, -0.15) is 0 Å². The summed E-state index contributed by atoms with van der Waals surface area (Å²) in [6, 6.07) is 18.0. The van der Waals surface area contributed by atoms with Crippen molar-refractivity contribution in [1.82, 2.24) is 0 Å². The van der Waals surface area contributed by atoms with Crippen LogP contribution in [-0.2, 0) is 0 Å². The number of hydrogen-bond acceptors (Lipinski definition) is 5. The number of anilines is 2. The topological polar surface area (TPSA) is 84.9 Å². The van der Waals surface area contributed by atoms with E-state index in [1.807, 2.05) is 0 Å². The van der Waals surface area contributed by atoms with Crippen molar-refractivity contribution in [2.24, 2.45) is 0 Å². The highest BCUT2D eigenvalue weighted by Gasteiger charge is 2.36. The predicted molar refractivity (Wildman–Crippen MR) is 112 cm³/mol. The van der Waals surface area contributed by atoms with Gasteiger partial charge in [0, 0.05) is 11.6 Å². The molecule has 3 amide bonds. The molecule has 3 aromatic rings. The zero-order chi connectivity index (χ0) is 21.3. The Morgan fingerprint density at radius 1 is 0.833 bits per heavy atom. The van der Waals surface area contributed by atoms with Crippen LogP contribution in [0.3, 0.4) is 0 Å². The summed E-state index contributed by atoms with van der Waals surface area (Å²) in [5.41, 5.74) is 1.78. The summed E-state index contributed by atoms with van der Waals surface area (Å²) in [7, 11) is 3.03. The van der Waals surface area contributed by atoms with Crippen LogP contribution in [0.1, 0.15) is 31.1 Å². The van der Waals surface area contributed by atoms with Gasteiger partial charge < -0.3 is 14.8 Å². The zero-order valence-electron chi connectivity index (χ0n) is 16.3. The van der Waals surface area contributed by atoms with Gasteiger partial charge in [-0.05, 0) is 42.5 Å². The Labute approximate surface area is 172 Å². The summed E-state index contributed by atoms with van der Waals surface area (Å²) in [6.45, 7) is 0. The lowest BCUT2D eigenvalue weighted by Gasteiger charge is -2.15. The van der Waals surface area contributed by atoms with Crippen LogP contribution in [0.4, 0.5) is 11.4 Å². The fraction of sp³-hybridized carbons (Fsp3) is 0.0870. The van der Waals surface area contributed by atoms with Crippen molar-refractivity contribution in [2.75, 3.05) is 24.4 Å². The van der Waals surface area contributed by atoms with Gasteiger partial charge in [-0.3, -0.25) is 14.4 Å². The van der Waals surface area contributed by atoms with Gasteiger partial charge in [0.2, 0.25) is 0 Å². The molecule has 1 N–H and O–H groups in total. The van der Waals surface area contributed by atoms with Crippen LogP contribution in [0.15, 0.2) is 66.7 Å². The molecule has 0 atom stereocenters. The Hall–Kier alpha value is -4.13. The fourth-order valence-electron chi connectivity index (χ4n) is 3.31. The second-order valence-electron chi connectivity index (χ2n) is 6.56. The highest BCUT2D eigenvalue weighted by molar-refractivity contribution is 6.34. The number of hydrogen-bond donors (Lipinski definition) is 1. The first-order valence-electron chi connectivity index (χ1n) is 9.14. The second kappa shape index (κ2) is 7.71. The number of carbonyl (C=O) groups is 3. The van der Waals surface area contributed by atoms with Crippen molar-refractivity contribution in [2.45, 2.75) is 0 Å². The van der Waals surface area contributed by atoms with Crippen molar-refractivity contribution in [3.05, 3.63) is 83.4 Å². The van der Waals surface area contributed by atoms with Crippen LogP contribution in [0, 0.1) is 0 Å². The van der Waals surface area contributed by atoms with Crippen LogP contribution >= 0.6 is 0 Å². The van der Waals surface area contributed by atoms with E-state index >= 15 is 0 Å². The predicted octanol–water partition coefficient (Wildman–Crippen LogP) is 3.76. The van der Waals surface area contributed by atoms with Gasteiger partial charge in [-0.25, -0.2) is 4.90 Å². The minimum atomic E-state index is -0.412. The van der Waals surface area contributed by atoms with Crippen molar-refractivity contribution in [3.8, 4) is 11.5 Å². The first-order chi connectivity index (χ1) is 14.5. The standard InChI is InChI=1S/C23H18N2O5/c1-29-16-10-11-19(20(13-16)30-2)24-21(26)14-6-5-7-15(12-14)25-22(27)17-8-3-4-9-18(17)23(25)28/h3-13H,1-2H3,(H,24,26). The summed E-state index contributed by atoms with van der Waals surface area (Å²) in [6.07, 6.45) is 0. The molecule has 0 unspecified atom stereocenters.